The minimum absolute atomic E-state index is 0.0464. The van der Waals surface area contributed by atoms with Crippen LogP contribution in [0.25, 0.3) is 0 Å². The smallest absolute Gasteiger partial charge is 0.163 e. The predicted molar refractivity (Wildman–Crippen MR) is 181 cm³/mol. The topological polar surface area (TPSA) is 86.7 Å². The maximum absolute atomic E-state index is 13.3. The lowest BCUT2D eigenvalue weighted by Crippen LogP contribution is -2.16. The quantitative estimate of drug-likeness (QED) is 0.149. The molecule has 2 heterocycles. The van der Waals surface area contributed by atoms with Gasteiger partial charge in [0.05, 0.1) is 21.6 Å². The van der Waals surface area contributed by atoms with Gasteiger partial charge in [0.2, 0.25) is 0 Å². The first-order chi connectivity index (χ1) is 22.3. The van der Waals surface area contributed by atoms with Crippen LogP contribution in [0.5, 0.6) is 11.5 Å². The summed E-state index contributed by atoms with van der Waals surface area (Å²) in [6.45, 7) is 4.96. The Hall–Kier alpha value is -4.14. The van der Waals surface area contributed by atoms with Gasteiger partial charge in [0.1, 0.15) is 18.1 Å². The highest BCUT2D eigenvalue weighted by Crippen LogP contribution is 2.46. The molecule has 6 rings (SSSR count). The number of carbonyl (C=O) groups is 4. The fourth-order valence-electron chi connectivity index (χ4n) is 5.76. The van der Waals surface area contributed by atoms with E-state index < -0.39 is 0 Å². The van der Waals surface area contributed by atoms with E-state index >= 15 is 0 Å². The van der Waals surface area contributed by atoms with Crippen LogP contribution < -0.4 is 9.47 Å². The number of benzene rings is 4. The summed E-state index contributed by atoms with van der Waals surface area (Å²) in [7, 11) is 0. The summed E-state index contributed by atoms with van der Waals surface area (Å²) >= 11 is 3.28. The van der Waals surface area contributed by atoms with E-state index in [-0.39, 0.29) is 54.1 Å². The van der Waals surface area contributed by atoms with E-state index in [1.165, 1.54) is 0 Å². The maximum atomic E-state index is 13.3. The van der Waals surface area contributed by atoms with Gasteiger partial charge in [-0.05, 0) is 67.4 Å². The summed E-state index contributed by atoms with van der Waals surface area (Å²) in [6, 6.07) is 24.0. The second-order valence-corrected chi connectivity index (χ2v) is 13.9. The van der Waals surface area contributed by atoms with Crippen LogP contribution in [0.15, 0.2) is 88.7 Å². The minimum atomic E-state index is -0.0904. The Labute approximate surface area is 277 Å². The summed E-state index contributed by atoms with van der Waals surface area (Å²) in [5, 5.41) is -0.0784. The number of hydrogen-bond acceptors (Lipinski definition) is 8. The number of carbonyl (C=O) groups excluding carboxylic acids is 4. The van der Waals surface area contributed by atoms with Crippen LogP contribution in [-0.2, 0) is 0 Å². The Balaban J connectivity index is 1.09. The Bertz CT molecular complexity index is 1850. The van der Waals surface area contributed by atoms with Crippen molar-refractivity contribution in [2.45, 2.75) is 54.6 Å². The van der Waals surface area contributed by atoms with Crippen LogP contribution in [0.3, 0.4) is 0 Å². The molecule has 4 aromatic rings. The second-order valence-electron chi connectivity index (χ2n) is 11.5. The number of fused-ring (bicyclic) bond motifs is 2. The average Bonchev–Trinajstić information content (AvgIpc) is 3.08. The van der Waals surface area contributed by atoms with Gasteiger partial charge in [-0.1, -0.05) is 42.0 Å². The maximum Gasteiger partial charge on any atom is 0.163 e. The fourth-order valence-corrected chi connectivity index (χ4v) is 7.89. The van der Waals surface area contributed by atoms with Crippen LogP contribution in [-0.4, -0.2) is 42.1 Å². The van der Waals surface area contributed by atoms with E-state index in [0.717, 1.165) is 38.0 Å². The third kappa shape index (κ3) is 7.13. The lowest BCUT2D eigenvalue weighted by Gasteiger charge is -2.27. The zero-order valence-electron chi connectivity index (χ0n) is 25.8. The van der Waals surface area contributed by atoms with Gasteiger partial charge in [-0.25, -0.2) is 0 Å². The van der Waals surface area contributed by atoms with Crippen LogP contribution in [0, 0.1) is 13.8 Å². The largest absolute Gasteiger partial charge is 0.492 e. The number of Topliss-reactive ketones (excluding diaryl/α,β-unsaturated/α-hetero) is 4. The fraction of sp³-hybridized carbons (Fsp3) is 0.263. The number of thioether (sulfide) groups is 2. The van der Waals surface area contributed by atoms with Crippen molar-refractivity contribution in [3.05, 3.63) is 118 Å². The molecule has 0 aliphatic carbocycles. The van der Waals surface area contributed by atoms with E-state index in [1.54, 1.807) is 41.7 Å². The molecule has 1 unspecified atom stereocenters. The molecule has 46 heavy (non-hydrogen) atoms. The average molecular weight is 651 g/mol. The lowest BCUT2D eigenvalue weighted by atomic mass is 9.94. The Kier molecular flexibility index (Phi) is 9.75. The van der Waals surface area contributed by atoms with Gasteiger partial charge >= 0.3 is 0 Å². The molecule has 0 amide bonds. The molecule has 0 saturated heterocycles. The third-order valence-electron chi connectivity index (χ3n) is 8.31. The summed E-state index contributed by atoms with van der Waals surface area (Å²) in [5.74, 6) is 2.10. The molecule has 0 aromatic heterocycles. The SMILES string of the molecule is Cc1cccc(C(=O)CCC(=O)c2ccc3c(c2)SC(c2cccc(C(=O)CCC(=O)c4ccc5c(c4)SCCO5)c2C)CO3)c1. The second kappa shape index (κ2) is 14.1. The van der Waals surface area contributed by atoms with Crippen molar-refractivity contribution in [1.29, 1.82) is 0 Å². The summed E-state index contributed by atoms with van der Waals surface area (Å²) < 4.78 is 11.7. The first kappa shape index (κ1) is 31.8. The van der Waals surface area contributed by atoms with Crippen LogP contribution in [0.1, 0.15) is 89.1 Å². The van der Waals surface area contributed by atoms with Crippen molar-refractivity contribution in [2.24, 2.45) is 0 Å². The predicted octanol–water partition coefficient (Wildman–Crippen LogP) is 8.71. The first-order valence-electron chi connectivity index (χ1n) is 15.4. The standard InChI is InChI=1S/C38H34O6S2/c1-23-5-3-6-25(19-23)30(39)11-12-31(40)27-10-16-35-37(21-27)46-38(22-44-35)29-8-4-7-28(24(29)2)33(42)14-13-32(41)26-9-15-34-36(20-26)45-18-17-43-34/h3-10,15-16,19-21,38H,11-14,17-18,22H2,1-2H3. The summed E-state index contributed by atoms with van der Waals surface area (Å²) in [6.07, 6.45) is 0.540. The molecule has 0 saturated carbocycles. The van der Waals surface area contributed by atoms with Gasteiger partial charge in [-0.15, -0.1) is 23.5 Å². The van der Waals surface area contributed by atoms with Crippen molar-refractivity contribution in [1.82, 2.24) is 0 Å². The molecule has 0 fully saturated rings. The van der Waals surface area contributed by atoms with E-state index in [1.807, 2.05) is 74.5 Å². The Morgan fingerprint density at radius 1 is 0.674 bits per heavy atom. The molecule has 1 atom stereocenters. The molecular weight excluding hydrogens is 617 g/mol. The molecule has 8 heteroatoms. The Morgan fingerprint density at radius 2 is 1.28 bits per heavy atom. The van der Waals surface area contributed by atoms with Crippen molar-refractivity contribution < 1.29 is 28.7 Å². The molecule has 0 radical (unpaired) electrons. The molecular formula is C38H34O6S2. The first-order valence-corrected chi connectivity index (χ1v) is 17.3. The molecule has 0 bridgehead atoms. The molecule has 0 N–H and O–H groups in total. The molecule has 0 spiro atoms. The zero-order valence-corrected chi connectivity index (χ0v) is 27.4. The molecule has 2 aliphatic rings. The number of ether oxygens (including phenoxy) is 2. The van der Waals surface area contributed by atoms with E-state index in [2.05, 4.69) is 0 Å². The van der Waals surface area contributed by atoms with Crippen LogP contribution in [0.4, 0.5) is 0 Å². The molecule has 234 valence electrons. The number of hydrogen-bond donors (Lipinski definition) is 0. The van der Waals surface area contributed by atoms with Gasteiger partial charge in [-0.3, -0.25) is 19.2 Å². The number of ketones is 4. The minimum Gasteiger partial charge on any atom is -0.492 e. The van der Waals surface area contributed by atoms with Crippen LogP contribution >= 0.6 is 23.5 Å². The Morgan fingerprint density at radius 3 is 1.98 bits per heavy atom. The van der Waals surface area contributed by atoms with Crippen molar-refractivity contribution in [3.8, 4) is 11.5 Å². The van der Waals surface area contributed by atoms with E-state index in [9.17, 15) is 19.2 Å². The summed E-state index contributed by atoms with van der Waals surface area (Å²) in [5.41, 5.74) is 5.23. The normalized spacial score (nSPS) is 15.1. The summed E-state index contributed by atoms with van der Waals surface area (Å²) in [4.78, 5) is 53.8. The molecule has 4 aromatic carbocycles. The van der Waals surface area contributed by atoms with E-state index in [4.69, 9.17) is 9.47 Å². The van der Waals surface area contributed by atoms with Gasteiger partial charge < -0.3 is 9.47 Å². The lowest BCUT2D eigenvalue weighted by molar-refractivity contribution is 0.0917. The molecule has 2 aliphatic heterocycles. The monoisotopic (exact) mass is 650 g/mol. The van der Waals surface area contributed by atoms with Crippen molar-refractivity contribution in [2.75, 3.05) is 19.0 Å². The third-order valence-corrected chi connectivity index (χ3v) is 10.6. The number of aryl methyl sites for hydroxylation is 1. The van der Waals surface area contributed by atoms with Gasteiger partial charge in [0, 0.05) is 53.7 Å². The highest BCUT2D eigenvalue weighted by molar-refractivity contribution is 7.99. The highest BCUT2D eigenvalue weighted by Gasteiger charge is 2.26. The number of rotatable bonds is 11. The van der Waals surface area contributed by atoms with Gasteiger partial charge in [0.15, 0.2) is 23.1 Å². The van der Waals surface area contributed by atoms with Crippen LogP contribution in [0.2, 0.25) is 0 Å². The van der Waals surface area contributed by atoms with Crippen molar-refractivity contribution >= 4 is 46.7 Å². The van der Waals surface area contributed by atoms with Gasteiger partial charge in [-0.2, -0.15) is 0 Å². The van der Waals surface area contributed by atoms with Gasteiger partial charge in [0.25, 0.3) is 0 Å². The highest BCUT2D eigenvalue weighted by atomic mass is 32.2. The zero-order chi connectivity index (χ0) is 32.2. The van der Waals surface area contributed by atoms with Crippen molar-refractivity contribution in [3.63, 3.8) is 0 Å². The van der Waals surface area contributed by atoms with E-state index in [0.29, 0.717) is 41.2 Å². The molecule has 6 nitrogen and oxygen atoms in total.